The molecular weight excluding hydrogens is 190 g/mol. The van der Waals surface area contributed by atoms with E-state index in [4.69, 9.17) is 4.74 Å². The Labute approximate surface area is 90.4 Å². The van der Waals surface area contributed by atoms with Gasteiger partial charge in [0.05, 0.1) is 0 Å². The molecule has 0 aliphatic rings. The number of hydrogen-bond donors (Lipinski definition) is 1. The van der Waals surface area contributed by atoms with Crippen molar-refractivity contribution in [2.45, 2.75) is 26.9 Å². The summed E-state index contributed by atoms with van der Waals surface area (Å²) in [6.07, 6.45) is -0.461. The van der Waals surface area contributed by atoms with Gasteiger partial charge >= 0.3 is 0 Å². The van der Waals surface area contributed by atoms with Crippen molar-refractivity contribution in [1.29, 1.82) is 0 Å². The molecule has 0 unspecified atom stereocenters. The lowest BCUT2D eigenvalue weighted by Gasteiger charge is -2.13. The fraction of sp³-hybridized carbons (Fsp3) is 0.417. The molecule has 1 amide bonds. The second kappa shape index (κ2) is 4.82. The van der Waals surface area contributed by atoms with Crippen molar-refractivity contribution < 1.29 is 9.53 Å². The number of ether oxygens (including phenoxy) is 1. The van der Waals surface area contributed by atoms with Crippen LogP contribution in [0.5, 0.6) is 5.75 Å². The van der Waals surface area contributed by atoms with Gasteiger partial charge < -0.3 is 10.1 Å². The number of rotatable bonds is 3. The average Bonchev–Trinajstić information content (AvgIpc) is 2.22. The van der Waals surface area contributed by atoms with E-state index in [0.29, 0.717) is 0 Å². The lowest BCUT2D eigenvalue weighted by atomic mass is 10.1. The molecule has 0 saturated carbocycles. The molecule has 0 bridgehead atoms. The summed E-state index contributed by atoms with van der Waals surface area (Å²) in [7, 11) is 1.60. The third-order valence-corrected chi connectivity index (χ3v) is 2.41. The van der Waals surface area contributed by atoms with Crippen LogP contribution in [0.25, 0.3) is 0 Å². The fourth-order valence-electron chi connectivity index (χ4n) is 1.25. The highest BCUT2D eigenvalue weighted by atomic mass is 16.5. The third-order valence-electron chi connectivity index (χ3n) is 2.41. The van der Waals surface area contributed by atoms with Gasteiger partial charge in [-0.15, -0.1) is 0 Å². The van der Waals surface area contributed by atoms with Gasteiger partial charge in [0.2, 0.25) is 0 Å². The minimum atomic E-state index is -0.461. The third kappa shape index (κ3) is 2.98. The van der Waals surface area contributed by atoms with Crippen molar-refractivity contribution in [3.05, 3.63) is 29.3 Å². The Morgan fingerprint density at radius 1 is 1.33 bits per heavy atom. The van der Waals surface area contributed by atoms with Crippen LogP contribution in [0.1, 0.15) is 18.1 Å². The van der Waals surface area contributed by atoms with E-state index >= 15 is 0 Å². The van der Waals surface area contributed by atoms with Crippen LogP contribution < -0.4 is 10.1 Å². The summed E-state index contributed by atoms with van der Waals surface area (Å²) in [5, 5.41) is 2.55. The number of aryl methyl sites for hydroxylation is 2. The molecule has 0 aliphatic heterocycles. The Bertz CT molecular complexity index is 361. The lowest BCUT2D eigenvalue weighted by molar-refractivity contribution is -0.126. The molecule has 0 aromatic heterocycles. The molecule has 0 heterocycles. The Morgan fingerprint density at radius 2 is 2.00 bits per heavy atom. The van der Waals surface area contributed by atoms with Crippen LogP contribution in [0.2, 0.25) is 0 Å². The van der Waals surface area contributed by atoms with E-state index in [0.717, 1.165) is 11.3 Å². The van der Waals surface area contributed by atoms with Crippen molar-refractivity contribution in [2.24, 2.45) is 0 Å². The SMILES string of the molecule is CNC(=O)[C@H](C)Oc1ccc(C)c(C)c1. The molecule has 0 fully saturated rings. The molecule has 1 aromatic rings. The molecular formula is C12H17NO2. The first-order valence-corrected chi connectivity index (χ1v) is 5.00. The first-order chi connectivity index (χ1) is 7.04. The Balaban J connectivity index is 2.73. The van der Waals surface area contributed by atoms with E-state index in [1.54, 1.807) is 14.0 Å². The second-order valence-corrected chi connectivity index (χ2v) is 3.62. The molecule has 0 spiro atoms. The van der Waals surface area contributed by atoms with E-state index < -0.39 is 6.10 Å². The van der Waals surface area contributed by atoms with E-state index in [9.17, 15) is 4.79 Å². The zero-order valence-electron chi connectivity index (χ0n) is 9.63. The molecule has 0 saturated heterocycles. The summed E-state index contributed by atoms with van der Waals surface area (Å²) < 4.78 is 5.49. The smallest absolute Gasteiger partial charge is 0.260 e. The highest BCUT2D eigenvalue weighted by molar-refractivity contribution is 5.80. The van der Waals surface area contributed by atoms with Crippen LogP contribution in [0.3, 0.4) is 0 Å². The first-order valence-electron chi connectivity index (χ1n) is 5.00. The number of nitrogens with one attached hydrogen (secondary N) is 1. The molecule has 1 N–H and O–H groups in total. The van der Waals surface area contributed by atoms with Crippen LogP contribution >= 0.6 is 0 Å². The van der Waals surface area contributed by atoms with Crippen LogP contribution in [-0.4, -0.2) is 19.1 Å². The second-order valence-electron chi connectivity index (χ2n) is 3.62. The molecule has 3 nitrogen and oxygen atoms in total. The maximum Gasteiger partial charge on any atom is 0.260 e. The fourth-order valence-corrected chi connectivity index (χ4v) is 1.25. The van der Waals surface area contributed by atoms with Crippen LogP contribution in [0.4, 0.5) is 0 Å². The van der Waals surface area contributed by atoms with E-state index in [-0.39, 0.29) is 5.91 Å². The summed E-state index contributed by atoms with van der Waals surface area (Å²) in [6, 6.07) is 5.80. The van der Waals surface area contributed by atoms with Crippen LogP contribution in [0.15, 0.2) is 18.2 Å². The van der Waals surface area contributed by atoms with Gasteiger partial charge in [-0.2, -0.15) is 0 Å². The minimum absolute atomic E-state index is 0.117. The van der Waals surface area contributed by atoms with Gasteiger partial charge in [-0.25, -0.2) is 0 Å². The van der Waals surface area contributed by atoms with E-state index in [1.165, 1.54) is 5.56 Å². The van der Waals surface area contributed by atoms with Gasteiger partial charge in [0.15, 0.2) is 6.10 Å². The number of carbonyl (C=O) groups excluding carboxylic acids is 1. The molecule has 0 radical (unpaired) electrons. The molecule has 82 valence electrons. The molecule has 1 rings (SSSR count). The molecule has 15 heavy (non-hydrogen) atoms. The number of likely N-dealkylation sites (N-methyl/N-ethyl adjacent to an activating group) is 1. The number of carbonyl (C=O) groups is 1. The van der Waals surface area contributed by atoms with Gasteiger partial charge in [-0.3, -0.25) is 4.79 Å². The highest BCUT2D eigenvalue weighted by Gasteiger charge is 2.12. The molecule has 0 aliphatic carbocycles. The largest absolute Gasteiger partial charge is 0.481 e. The zero-order chi connectivity index (χ0) is 11.4. The van der Waals surface area contributed by atoms with Crippen LogP contribution in [-0.2, 0) is 4.79 Å². The maximum absolute atomic E-state index is 11.2. The van der Waals surface area contributed by atoms with Crippen molar-refractivity contribution in [2.75, 3.05) is 7.05 Å². The van der Waals surface area contributed by atoms with Gasteiger partial charge in [0.1, 0.15) is 5.75 Å². The van der Waals surface area contributed by atoms with Gasteiger partial charge in [-0.1, -0.05) is 6.07 Å². The summed E-state index contributed by atoms with van der Waals surface area (Å²) in [4.78, 5) is 11.2. The molecule has 1 aromatic carbocycles. The van der Waals surface area contributed by atoms with E-state index in [2.05, 4.69) is 5.32 Å². The topological polar surface area (TPSA) is 38.3 Å². The number of amides is 1. The monoisotopic (exact) mass is 207 g/mol. The predicted octanol–water partition coefficient (Wildman–Crippen LogP) is 1.82. The van der Waals surface area contributed by atoms with Crippen molar-refractivity contribution in [3.8, 4) is 5.75 Å². The van der Waals surface area contributed by atoms with E-state index in [1.807, 2.05) is 32.0 Å². The summed E-state index contributed by atoms with van der Waals surface area (Å²) in [5.41, 5.74) is 2.38. The lowest BCUT2D eigenvalue weighted by Crippen LogP contribution is -2.33. The first kappa shape index (κ1) is 11.6. The van der Waals surface area contributed by atoms with Crippen molar-refractivity contribution in [3.63, 3.8) is 0 Å². The van der Waals surface area contributed by atoms with Crippen molar-refractivity contribution >= 4 is 5.91 Å². The Kier molecular flexibility index (Phi) is 3.72. The van der Waals surface area contributed by atoms with Gasteiger partial charge in [0, 0.05) is 7.05 Å². The van der Waals surface area contributed by atoms with Crippen LogP contribution in [0, 0.1) is 13.8 Å². The molecule has 1 atom stereocenters. The van der Waals surface area contributed by atoms with Gasteiger partial charge in [0.25, 0.3) is 5.91 Å². The zero-order valence-corrected chi connectivity index (χ0v) is 9.63. The minimum Gasteiger partial charge on any atom is -0.481 e. The summed E-state index contributed by atoms with van der Waals surface area (Å²) in [6.45, 7) is 5.79. The predicted molar refractivity (Wildman–Crippen MR) is 60.1 cm³/mol. The highest BCUT2D eigenvalue weighted by Crippen LogP contribution is 2.17. The normalized spacial score (nSPS) is 12.0. The quantitative estimate of drug-likeness (QED) is 0.821. The van der Waals surface area contributed by atoms with Crippen molar-refractivity contribution in [1.82, 2.24) is 5.32 Å². The average molecular weight is 207 g/mol. The standard InChI is InChI=1S/C12H17NO2/c1-8-5-6-11(7-9(8)2)15-10(3)12(14)13-4/h5-7,10H,1-4H3,(H,13,14)/t10-/m0/s1. The Morgan fingerprint density at radius 3 is 2.53 bits per heavy atom. The maximum atomic E-state index is 11.2. The number of benzene rings is 1. The summed E-state index contributed by atoms with van der Waals surface area (Å²) in [5.74, 6) is 0.613. The molecule has 3 heteroatoms. The number of hydrogen-bond acceptors (Lipinski definition) is 2. The Hall–Kier alpha value is -1.51. The van der Waals surface area contributed by atoms with Gasteiger partial charge in [-0.05, 0) is 44.0 Å². The summed E-state index contributed by atoms with van der Waals surface area (Å²) >= 11 is 0.